The van der Waals surface area contributed by atoms with Crippen LogP contribution in [0.15, 0.2) is 24.5 Å². The van der Waals surface area contributed by atoms with Crippen LogP contribution in [0.3, 0.4) is 0 Å². The highest BCUT2D eigenvalue weighted by Crippen LogP contribution is 2.46. The zero-order valence-electron chi connectivity index (χ0n) is 17.2. The van der Waals surface area contributed by atoms with E-state index < -0.39 is 0 Å². The van der Waals surface area contributed by atoms with Crippen LogP contribution in [0.4, 0.5) is 17.3 Å². The molecule has 5 heterocycles. The van der Waals surface area contributed by atoms with Crippen LogP contribution in [0.5, 0.6) is 0 Å². The smallest absolute Gasteiger partial charge is 0.183 e. The summed E-state index contributed by atoms with van der Waals surface area (Å²) in [5, 5.41) is 7.70. The van der Waals surface area contributed by atoms with E-state index in [2.05, 4.69) is 31.0 Å². The molecule has 0 bridgehead atoms. The minimum absolute atomic E-state index is 0.352. The first-order valence-corrected chi connectivity index (χ1v) is 11.2. The molecule has 0 radical (unpaired) electrons. The van der Waals surface area contributed by atoms with Crippen LogP contribution in [0, 0.1) is 5.41 Å². The first-order chi connectivity index (χ1) is 14.7. The maximum Gasteiger partial charge on any atom is 0.183 e. The van der Waals surface area contributed by atoms with E-state index in [-0.39, 0.29) is 0 Å². The minimum atomic E-state index is 0.352. The molecule has 1 spiro atoms. The van der Waals surface area contributed by atoms with Crippen molar-refractivity contribution >= 4 is 28.5 Å². The number of pyridine rings is 1. The van der Waals surface area contributed by atoms with Gasteiger partial charge in [-0.25, -0.2) is 9.97 Å². The second-order valence-electron chi connectivity index (χ2n) is 9.05. The second kappa shape index (κ2) is 6.91. The molecule has 3 aliphatic rings. The fraction of sp³-hybridized carbons (Fsp3) is 0.545. The number of aromatic amines is 1. The molecule has 2 aliphatic heterocycles. The molecule has 1 saturated heterocycles. The summed E-state index contributed by atoms with van der Waals surface area (Å²) >= 11 is 0. The van der Waals surface area contributed by atoms with Crippen LogP contribution in [0.1, 0.15) is 44.2 Å². The molecule has 2 fully saturated rings. The molecule has 3 aromatic heterocycles. The molecule has 3 aromatic rings. The predicted molar refractivity (Wildman–Crippen MR) is 117 cm³/mol. The van der Waals surface area contributed by atoms with Gasteiger partial charge >= 0.3 is 0 Å². The Morgan fingerprint density at radius 3 is 2.83 bits per heavy atom. The summed E-state index contributed by atoms with van der Waals surface area (Å²) < 4.78 is 0. The van der Waals surface area contributed by atoms with Crippen molar-refractivity contribution in [2.75, 3.05) is 29.4 Å². The van der Waals surface area contributed by atoms with Crippen molar-refractivity contribution in [1.29, 1.82) is 0 Å². The average molecular weight is 405 g/mol. The van der Waals surface area contributed by atoms with E-state index in [1.54, 1.807) is 0 Å². The highest BCUT2D eigenvalue weighted by Gasteiger charge is 2.43. The fourth-order valence-corrected chi connectivity index (χ4v) is 5.70. The number of hydrogen-bond donors (Lipinski definition) is 2. The largest absolute Gasteiger partial charge is 0.355 e. The molecule has 8 nitrogen and oxygen atoms in total. The Kier molecular flexibility index (Phi) is 4.16. The summed E-state index contributed by atoms with van der Waals surface area (Å²) in [5.74, 6) is 1.77. The van der Waals surface area contributed by atoms with E-state index in [1.165, 1.54) is 19.3 Å². The molecule has 6 rings (SSSR count). The molecule has 1 saturated carbocycles. The number of anilines is 3. The number of aromatic nitrogens is 5. The topological polar surface area (TPSA) is 99.9 Å². The lowest BCUT2D eigenvalue weighted by molar-refractivity contribution is 0.197. The molecule has 8 heteroatoms. The first kappa shape index (κ1) is 18.1. The van der Waals surface area contributed by atoms with Gasteiger partial charge in [-0.05, 0) is 56.1 Å². The van der Waals surface area contributed by atoms with E-state index in [4.69, 9.17) is 15.7 Å². The lowest BCUT2D eigenvalue weighted by Gasteiger charge is -2.42. The molecule has 1 unspecified atom stereocenters. The lowest BCUT2D eigenvalue weighted by atomic mass is 9.74. The lowest BCUT2D eigenvalue weighted by Crippen LogP contribution is -2.47. The Bertz CT molecular complexity index is 1070. The van der Waals surface area contributed by atoms with Gasteiger partial charge in [0, 0.05) is 31.9 Å². The van der Waals surface area contributed by atoms with Gasteiger partial charge < -0.3 is 15.5 Å². The number of rotatable bonds is 2. The van der Waals surface area contributed by atoms with Crippen molar-refractivity contribution in [3.05, 3.63) is 30.2 Å². The summed E-state index contributed by atoms with van der Waals surface area (Å²) in [6.45, 7) is 2.91. The van der Waals surface area contributed by atoms with Crippen LogP contribution in [-0.4, -0.2) is 50.8 Å². The number of nitrogens with two attached hydrogens (primary N) is 1. The monoisotopic (exact) mass is 404 g/mol. The Morgan fingerprint density at radius 2 is 2.00 bits per heavy atom. The van der Waals surface area contributed by atoms with Gasteiger partial charge in [0.05, 0.1) is 17.6 Å². The van der Waals surface area contributed by atoms with Crippen molar-refractivity contribution in [3.63, 3.8) is 0 Å². The number of nitrogens with zero attached hydrogens (tertiary/aromatic N) is 6. The third kappa shape index (κ3) is 2.77. The molecule has 30 heavy (non-hydrogen) atoms. The van der Waals surface area contributed by atoms with Gasteiger partial charge in [0.15, 0.2) is 17.0 Å². The Hall–Kier alpha value is -2.74. The molecular weight excluding hydrogens is 376 g/mol. The summed E-state index contributed by atoms with van der Waals surface area (Å²) in [7, 11) is 0. The third-order valence-corrected chi connectivity index (χ3v) is 7.51. The number of aryl methyl sites for hydroxylation is 1. The first-order valence-electron chi connectivity index (χ1n) is 11.2. The highest BCUT2D eigenvalue weighted by molar-refractivity contribution is 5.87. The van der Waals surface area contributed by atoms with Gasteiger partial charge in [-0.1, -0.05) is 6.42 Å². The number of piperidine rings is 1. The predicted octanol–water partition coefficient (Wildman–Crippen LogP) is 2.93. The quantitative estimate of drug-likeness (QED) is 0.677. The summed E-state index contributed by atoms with van der Waals surface area (Å²) in [6, 6.07) is 4.46. The zero-order valence-corrected chi connectivity index (χ0v) is 17.2. The van der Waals surface area contributed by atoms with Crippen LogP contribution < -0.4 is 15.5 Å². The third-order valence-electron chi connectivity index (χ3n) is 7.51. The van der Waals surface area contributed by atoms with Gasteiger partial charge in [0.25, 0.3) is 0 Å². The van der Waals surface area contributed by atoms with Gasteiger partial charge in [-0.2, -0.15) is 5.10 Å². The summed E-state index contributed by atoms with van der Waals surface area (Å²) in [6.07, 6.45) is 11.9. The standard InChI is InChI=1S/C22H28N8/c23-17-6-1-7-22(17)8-12-29(13-9-22)18-14-25-19-20(26-18)27-28-21(19)30-11-3-4-15-16(30)5-2-10-24-15/h2,5,10,14,17H,1,3-4,6-9,11-13,23H2,(H,26,27,28). The highest BCUT2D eigenvalue weighted by atomic mass is 15.3. The number of fused-ring (bicyclic) bond motifs is 2. The second-order valence-corrected chi connectivity index (χ2v) is 9.05. The summed E-state index contributed by atoms with van der Waals surface area (Å²) in [5.41, 5.74) is 10.6. The number of hydrogen-bond acceptors (Lipinski definition) is 7. The molecular formula is C22H28N8. The van der Waals surface area contributed by atoms with Crippen LogP contribution in [0.25, 0.3) is 11.2 Å². The Balaban J connectivity index is 1.27. The average Bonchev–Trinajstić information content (AvgIpc) is 3.37. The minimum Gasteiger partial charge on any atom is -0.355 e. The van der Waals surface area contributed by atoms with Crippen molar-refractivity contribution < 1.29 is 0 Å². The van der Waals surface area contributed by atoms with Crippen molar-refractivity contribution in [2.45, 2.75) is 51.0 Å². The molecule has 3 N–H and O–H groups in total. The molecule has 156 valence electrons. The molecule has 1 atom stereocenters. The summed E-state index contributed by atoms with van der Waals surface area (Å²) in [4.78, 5) is 18.8. The normalized spacial score (nSPS) is 23.3. The van der Waals surface area contributed by atoms with E-state index in [0.29, 0.717) is 11.5 Å². The van der Waals surface area contributed by atoms with Gasteiger partial charge in [-0.3, -0.25) is 10.1 Å². The molecule has 0 aromatic carbocycles. The molecule has 0 amide bonds. The number of H-pyrrole nitrogens is 1. The van der Waals surface area contributed by atoms with E-state index in [1.807, 2.05) is 18.5 Å². The van der Waals surface area contributed by atoms with E-state index >= 15 is 0 Å². The van der Waals surface area contributed by atoms with Gasteiger partial charge in [0.1, 0.15) is 5.82 Å². The Morgan fingerprint density at radius 1 is 1.10 bits per heavy atom. The van der Waals surface area contributed by atoms with Crippen LogP contribution >= 0.6 is 0 Å². The van der Waals surface area contributed by atoms with Crippen LogP contribution in [0.2, 0.25) is 0 Å². The SMILES string of the molecule is NC1CCCC12CCN(c1cnc3c(N4CCCc5ncccc54)n[nH]c3n1)CC2. The van der Waals surface area contributed by atoms with Crippen molar-refractivity contribution in [1.82, 2.24) is 25.1 Å². The zero-order chi connectivity index (χ0) is 20.1. The maximum atomic E-state index is 6.44. The Labute approximate surface area is 175 Å². The van der Waals surface area contributed by atoms with E-state index in [0.717, 1.165) is 79.5 Å². The van der Waals surface area contributed by atoms with Gasteiger partial charge in [-0.15, -0.1) is 0 Å². The molecule has 1 aliphatic carbocycles. The van der Waals surface area contributed by atoms with Crippen molar-refractivity contribution in [3.8, 4) is 0 Å². The van der Waals surface area contributed by atoms with Crippen molar-refractivity contribution in [2.24, 2.45) is 11.1 Å². The fourth-order valence-electron chi connectivity index (χ4n) is 5.70. The maximum absolute atomic E-state index is 6.44. The van der Waals surface area contributed by atoms with E-state index in [9.17, 15) is 0 Å². The van der Waals surface area contributed by atoms with Gasteiger partial charge in [0.2, 0.25) is 0 Å². The van der Waals surface area contributed by atoms with Crippen LogP contribution in [-0.2, 0) is 6.42 Å². The number of nitrogens with one attached hydrogen (secondary N) is 1.